The molecule has 0 bridgehead atoms. The Morgan fingerprint density at radius 2 is 1.92 bits per heavy atom. The molecule has 0 saturated heterocycles. The molecule has 138 valence electrons. The maximum absolute atomic E-state index is 4.67. The number of hydrogen-bond donors (Lipinski definition) is 2. The average molecular weight is 472 g/mol. The van der Waals surface area contributed by atoms with Crippen LogP contribution in [0, 0.1) is 0 Å². The standard InChI is InChI=1S/C19H28N4S.HI/c1-5-15-8-6-7-9-16(15)12-22-19(20-4)21-11-10-17-13-24-18(23-17)14(2)3;/h6-9,13-14H,5,10-12H2,1-4H3,(H2,20,21,22);1H. The van der Waals surface area contributed by atoms with Crippen LogP contribution in [0.15, 0.2) is 34.6 Å². The Labute approximate surface area is 172 Å². The highest BCUT2D eigenvalue weighted by Crippen LogP contribution is 2.19. The lowest BCUT2D eigenvalue weighted by molar-refractivity contribution is 0.774. The fourth-order valence-corrected chi connectivity index (χ4v) is 3.36. The van der Waals surface area contributed by atoms with E-state index in [9.17, 15) is 0 Å². The number of aryl methyl sites for hydroxylation is 1. The maximum atomic E-state index is 4.67. The predicted octanol–water partition coefficient (Wildman–Crippen LogP) is 4.35. The smallest absolute Gasteiger partial charge is 0.191 e. The highest BCUT2D eigenvalue weighted by atomic mass is 127. The van der Waals surface area contributed by atoms with Gasteiger partial charge in [0.2, 0.25) is 0 Å². The third-order valence-electron chi connectivity index (χ3n) is 3.91. The molecule has 4 nitrogen and oxygen atoms in total. The van der Waals surface area contributed by atoms with Crippen molar-refractivity contribution in [3.63, 3.8) is 0 Å². The van der Waals surface area contributed by atoms with E-state index >= 15 is 0 Å². The summed E-state index contributed by atoms with van der Waals surface area (Å²) in [5, 5.41) is 10.1. The van der Waals surface area contributed by atoms with E-state index in [1.165, 1.54) is 16.1 Å². The summed E-state index contributed by atoms with van der Waals surface area (Å²) in [5.41, 5.74) is 3.86. The molecule has 1 aromatic carbocycles. The van der Waals surface area contributed by atoms with Crippen LogP contribution in [0.5, 0.6) is 0 Å². The Bertz CT molecular complexity index is 667. The topological polar surface area (TPSA) is 49.3 Å². The maximum Gasteiger partial charge on any atom is 0.191 e. The lowest BCUT2D eigenvalue weighted by atomic mass is 10.1. The van der Waals surface area contributed by atoms with E-state index < -0.39 is 0 Å². The quantitative estimate of drug-likeness (QED) is 0.358. The number of halogens is 1. The molecule has 0 unspecified atom stereocenters. The van der Waals surface area contributed by atoms with Crippen LogP contribution in [0.1, 0.15) is 48.5 Å². The van der Waals surface area contributed by atoms with Crippen LogP contribution in [0.3, 0.4) is 0 Å². The van der Waals surface area contributed by atoms with E-state index in [0.29, 0.717) is 5.92 Å². The number of aliphatic imine (C=N–C) groups is 1. The Balaban J connectivity index is 0.00000312. The summed E-state index contributed by atoms with van der Waals surface area (Å²) < 4.78 is 0. The fourth-order valence-electron chi connectivity index (χ4n) is 2.49. The van der Waals surface area contributed by atoms with Gasteiger partial charge in [0.05, 0.1) is 10.7 Å². The minimum absolute atomic E-state index is 0. The summed E-state index contributed by atoms with van der Waals surface area (Å²) in [4.78, 5) is 8.97. The number of guanidine groups is 1. The summed E-state index contributed by atoms with van der Waals surface area (Å²) in [6.07, 6.45) is 1.96. The van der Waals surface area contributed by atoms with Gasteiger partial charge in [-0.05, 0) is 17.5 Å². The van der Waals surface area contributed by atoms with Crippen molar-refractivity contribution in [1.29, 1.82) is 0 Å². The molecule has 6 heteroatoms. The molecule has 1 heterocycles. The number of nitrogens with one attached hydrogen (secondary N) is 2. The normalized spacial score (nSPS) is 11.3. The zero-order valence-corrected chi connectivity index (χ0v) is 18.7. The van der Waals surface area contributed by atoms with Crippen molar-refractivity contribution in [1.82, 2.24) is 15.6 Å². The Kier molecular flexibility index (Phi) is 10.0. The molecule has 2 aromatic rings. The molecule has 0 atom stereocenters. The molecule has 0 saturated carbocycles. The molecule has 0 amide bonds. The molecule has 0 fully saturated rings. The van der Waals surface area contributed by atoms with E-state index in [4.69, 9.17) is 0 Å². The molecule has 2 N–H and O–H groups in total. The monoisotopic (exact) mass is 472 g/mol. The van der Waals surface area contributed by atoms with Crippen molar-refractivity contribution in [2.45, 2.75) is 46.1 Å². The lowest BCUT2D eigenvalue weighted by Crippen LogP contribution is -2.38. The summed E-state index contributed by atoms with van der Waals surface area (Å²) in [6.45, 7) is 8.17. The second kappa shape index (κ2) is 11.5. The third kappa shape index (κ3) is 6.93. The third-order valence-corrected chi connectivity index (χ3v) is 5.10. The first kappa shape index (κ1) is 21.9. The van der Waals surface area contributed by atoms with Crippen molar-refractivity contribution < 1.29 is 0 Å². The molecule has 0 aliphatic rings. The number of thiazole rings is 1. The van der Waals surface area contributed by atoms with Crippen LogP contribution < -0.4 is 10.6 Å². The first-order chi connectivity index (χ1) is 11.6. The van der Waals surface area contributed by atoms with Gasteiger partial charge in [-0.1, -0.05) is 45.0 Å². The first-order valence-corrected chi connectivity index (χ1v) is 9.47. The van der Waals surface area contributed by atoms with Crippen LogP contribution in [0.2, 0.25) is 0 Å². The molecule has 1 aromatic heterocycles. The van der Waals surface area contributed by atoms with Gasteiger partial charge in [0.25, 0.3) is 0 Å². The number of nitrogens with zero attached hydrogens (tertiary/aromatic N) is 2. The molecule has 0 spiro atoms. The molecule has 0 aliphatic heterocycles. The van der Waals surface area contributed by atoms with Crippen LogP contribution in [-0.4, -0.2) is 24.5 Å². The highest BCUT2D eigenvalue weighted by Gasteiger charge is 2.06. The first-order valence-electron chi connectivity index (χ1n) is 8.59. The Morgan fingerprint density at radius 1 is 1.20 bits per heavy atom. The Hall–Kier alpha value is -1.15. The van der Waals surface area contributed by atoms with Gasteiger partial charge in [-0.25, -0.2) is 4.98 Å². The van der Waals surface area contributed by atoms with Gasteiger partial charge in [-0.15, -0.1) is 35.3 Å². The van der Waals surface area contributed by atoms with Crippen molar-refractivity contribution in [3.8, 4) is 0 Å². The summed E-state index contributed by atoms with van der Waals surface area (Å²) in [5.74, 6) is 1.34. The summed E-state index contributed by atoms with van der Waals surface area (Å²) in [7, 11) is 1.81. The van der Waals surface area contributed by atoms with Gasteiger partial charge in [0.15, 0.2) is 5.96 Å². The van der Waals surface area contributed by atoms with E-state index in [0.717, 1.165) is 37.6 Å². The van der Waals surface area contributed by atoms with Gasteiger partial charge in [-0.2, -0.15) is 0 Å². The molecule has 25 heavy (non-hydrogen) atoms. The second-order valence-electron chi connectivity index (χ2n) is 6.06. The van der Waals surface area contributed by atoms with Crippen LogP contribution in [0.25, 0.3) is 0 Å². The molecule has 2 rings (SSSR count). The molecular formula is C19H29IN4S. The lowest BCUT2D eigenvalue weighted by Gasteiger charge is -2.13. The largest absolute Gasteiger partial charge is 0.356 e. The number of rotatable bonds is 7. The van der Waals surface area contributed by atoms with Crippen molar-refractivity contribution in [3.05, 3.63) is 51.5 Å². The average Bonchev–Trinajstić information content (AvgIpc) is 3.07. The second-order valence-corrected chi connectivity index (χ2v) is 6.95. The summed E-state index contributed by atoms with van der Waals surface area (Å²) in [6, 6.07) is 8.53. The van der Waals surface area contributed by atoms with Gasteiger partial charge in [0.1, 0.15) is 0 Å². The van der Waals surface area contributed by atoms with Crippen LogP contribution in [-0.2, 0) is 19.4 Å². The van der Waals surface area contributed by atoms with Gasteiger partial charge < -0.3 is 10.6 Å². The van der Waals surface area contributed by atoms with Crippen LogP contribution >= 0.6 is 35.3 Å². The van der Waals surface area contributed by atoms with Gasteiger partial charge in [-0.3, -0.25) is 4.99 Å². The van der Waals surface area contributed by atoms with E-state index in [1.807, 2.05) is 0 Å². The van der Waals surface area contributed by atoms with Crippen LogP contribution in [0.4, 0.5) is 0 Å². The minimum atomic E-state index is 0. The van der Waals surface area contributed by atoms with E-state index in [-0.39, 0.29) is 24.0 Å². The van der Waals surface area contributed by atoms with Gasteiger partial charge >= 0.3 is 0 Å². The zero-order valence-electron chi connectivity index (χ0n) is 15.5. The zero-order chi connectivity index (χ0) is 17.4. The summed E-state index contributed by atoms with van der Waals surface area (Å²) >= 11 is 1.75. The van der Waals surface area contributed by atoms with Crippen molar-refractivity contribution in [2.75, 3.05) is 13.6 Å². The van der Waals surface area contributed by atoms with E-state index in [1.54, 1.807) is 18.4 Å². The van der Waals surface area contributed by atoms with Crippen molar-refractivity contribution in [2.24, 2.45) is 4.99 Å². The minimum Gasteiger partial charge on any atom is -0.356 e. The molecule has 0 radical (unpaired) electrons. The molecule has 0 aliphatic carbocycles. The number of benzene rings is 1. The highest BCUT2D eigenvalue weighted by molar-refractivity contribution is 14.0. The molecular weight excluding hydrogens is 443 g/mol. The van der Waals surface area contributed by atoms with E-state index in [2.05, 4.69) is 71.0 Å². The Morgan fingerprint density at radius 3 is 2.52 bits per heavy atom. The number of aromatic nitrogens is 1. The predicted molar refractivity (Wildman–Crippen MR) is 119 cm³/mol. The SMILES string of the molecule is CCc1ccccc1CNC(=NC)NCCc1csc(C(C)C)n1.I. The van der Waals surface area contributed by atoms with Gasteiger partial charge in [0, 0.05) is 37.9 Å². The fraction of sp³-hybridized carbons (Fsp3) is 0.474. The number of hydrogen-bond acceptors (Lipinski definition) is 3. The van der Waals surface area contributed by atoms with Crippen molar-refractivity contribution >= 4 is 41.3 Å².